The number of halogens is 2. The summed E-state index contributed by atoms with van der Waals surface area (Å²) in [6.07, 6.45) is 0.729. The molecule has 2 atom stereocenters. The molecule has 4 heteroatoms. The first-order valence-electron chi connectivity index (χ1n) is 8.53. The number of hydrogen-bond donors (Lipinski definition) is 0. The van der Waals surface area contributed by atoms with Gasteiger partial charge in [-0.3, -0.25) is 4.79 Å². The molecule has 0 fully saturated rings. The molecule has 2 aromatic carbocycles. The van der Waals surface area contributed by atoms with Gasteiger partial charge >= 0.3 is 0 Å². The summed E-state index contributed by atoms with van der Waals surface area (Å²) in [5, 5.41) is 0. The zero-order chi connectivity index (χ0) is 18.6. The molecule has 134 valence electrons. The van der Waals surface area contributed by atoms with Gasteiger partial charge in [0.1, 0.15) is 17.4 Å². The average molecular weight is 345 g/mol. The fourth-order valence-corrected chi connectivity index (χ4v) is 3.29. The first-order chi connectivity index (χ1) is 11.8. The number of hydrogen-bond acceptors (Lipinski definition) is 2. The Bertz CT molecular complexity index is 710. The Morgan fingerprint density at radius 2 is 1.60 bits per heavy atom. The summed E-state index contributed by atoms with van der Waals surface area (Å²) in [4.78, 5) is 15.2. The van der Waals surface area contributed by atoms with Crippen LogP contribution >= 0.6 is 0 Å². The van der Waals surface area contributed by atoms with E-state index < -0.39 is 17.0 Å². The van der Waals surface area contributed by atoms with Crippen LogP contribution in [-0.2, 0) is 10.2 Å². The zero-order valence-electron chi connectivity index (χ0n) is 15.2. The number of carbonyl (C=O) groups excluding carboxylic acids is 1. The van der Waals surface area contributed by atoms with E-state index in [2.05, 4.69) is 0 Å². The SMILES string of the molecule is CCC(=O)C(C[C@H](C)N(C)C)(c1ccccc1)c1cc(F)cc(F)c1. The van der Waals surface area contributed by atoms with Crippen molar-refractivity contribution in [3.8, 4) is 0 Å². The van der Waals surface area contributed by atoms with E-state index in [1.165, 1.54) is 12.1 Å². The molecule has 1 unspecified atom stereocenters. The lowest BCUT2D eigenvalue weighted by atomic mass is 9.66. The summed E-state index contributed by atoms with van der Waals surface area (Å²) in [5.74, 6) is -1.38. The van der Waals surface area contributed by atoms with Gasteiger partial charge < -0.3 is 4.90 Å². The first-order valence-corrected chi connectivity index (χ1v) is 8.53. The molecule has 0 amide bonds. The number of ketones is 1. The Kier molecular flexibility index (Phi) is 6.07. The topological polar surface area (TPSA) is 20.3 Å². The Morgan fingerprint density at radius 1 is 1.04 bits per heavy atom. The van der Waals surface area contributed by atoms with Crippen molar-refractivity contribution in [3.63, 3.8) is 0 Å². The quantitative estimate of drug-likeness (QED) is 0.733. The van der Waals surface area contributed by atoms with Gasteiger partial charge in [0.2, 0.25) is 0 Å². The van der Waals surface area contributed by atoms with Gasteiger partial charge in [-0.25, -0.2) is 8.78 Å². The Labute approximate surface area is 148 Å². The molecule has 0 saturated heterocycles. The molecule has 0 aliphatic heterocycles. The third-order valence-corrected chi connectivity index (χ3v) is 4.90. The van der Waals surface area contributed by atoms with Crippen LogP contribution in [0.4, 0.5) is 8.78 Å². The predicted molar refractivity (Wildman–Crippen MR) is 96.6 cm³/mol. The Hall–Kier alpha value is -2.07. The minimum atomic E-state index is -1.08. The molecule has 25 heavy (non-hydrogen) atoms. The molecule has 0 bridgehead atoms. The molecule has 2 rings (SSSR count). The number of benzene rings is 2. The van der Waals surface area contributed by atoms with Gasteiger partial charge in [-0.05, 0) is 50.7 Å². The van der Waals surface area contributed by atoms with Crippen molar-refractivity contribution < 1.29 is 13.6 Å². The smallest absolute Gasteiger partial charge is 0.147 e. The normalized spacial score (nSPS) is 15.0. The van der Waals surface area contributed by atoms with Gasteiger partial charge in [0.25, 0.3) is 0 Å². The lowest BCUT2D eigenvalue weighted by Gasteiger charge is -2.37. The van der Waals surface area contributed by atoms with Gasteiger partial charge in [-0.1, -0.05) is 37.3 Å². The molecule has 0 aliphatic rings. The third kappa shape index (κ3) is 3.96. The number of carbonyl (C=O) groups is 1. The summed E-state index contributed by atoms with van der Waals surface area (Å²) in [5.41, 5.74) is 0.0557. The second-order valence-electron chi connectivity index (χ2n) is 6.72. The summed E-state index contributed by atoms with van der Waals surface area (Å²) in [6, 6.07) is 12.7. The zero-order valence-corrected chi connectivity index (χ0v) is 15.2. The first kappa shape index (κ1) is 19.3. The van der Waals surface area contributed by atoms with Crippen LogP contribution in [-0.4, -0.2) is 30.8 Å². The van der Waals surface area contributed by atoms with Gasteiger partial charge in [0.15, 0.2) is 0 Å². The van der Waals surface area contributed by atoms with Crippen LogP contribution in [0.3, 0.4) is 0 Å². The van der Waals surface area contributed by atoms with E-state index in [4.69, 9.17) is 0 Å². The van der Waals surface area contributed by atoms with Gasteiger partial charge in [0.05, 0.1) is 5.41 Å². The van der Waals surface area contributed by atoms with E-state index in [-0.39, 0.29) is 18.2 Å². The van der Waals surface area contributed by atoms with E-state index in [1.807, 2.05) is 56.3 Å². The Balaban J connectivity index is 2.76. The van der Waals surface area contributed by atoms with E-state index >= 15 is 0 Å². The van der Waals surface area contributed by atoms with Crippen LogP contribution in [0.5, 0.6) is 0 Å². The van der Waals surface area contributed by atoms with Crippen molar-refractivity contribution >= 4 is 5.78 Å². The van der Waals surface area contributed by atoms with Crippen LogP contribution in [0, 0.1) is 11.6 Å². The van der Waals surface area contributed by atoms with Crippen LogP contribution in [0.15, 0.2) is 48.5 Å². The van der Waals surface area contributed by atoms with Gasteiger partial charge in [-0.2, -0.15) is 0 Å². The minimum Gasteiger partial charge on any atom is -0.307 e. The molecule has 0 aromatic heterocycles. The molecule has 0 aliphatic carbocycles. The van der Waals surface area contributed by atoms with Gasteiger partial charge in [-0.15, -0.1) is 0 Å². The van der Waals surface area contributed by atoms with Crippen LogP contribution in [0.2, 0.25) is 0 Å². The molecule has 0 saturated carbocycles. The largest absolute Gasteiger partial charge is 0.307 e. The molecule has 0 N–H and O–H groups in total. The van der Waals surface area contributed by atoms with Crippen molar-refractivity contribution in [3.05, 3.63) is 71.3 Å². The van der Waals surface area contributed by atoms with Crippen molar-refractivity contribution in [2.24, 2.45) is 0 Å². The van der Waals surface area contributed by atoms with E-state index in [9.17, 15) is 13.6 Å². The summed E-state index contributed by atoms with van der Waals surface area (Å²) in [7, 11) is 3.87. The van der Waals surface area contributed by atoms with E-state index in [0.29, 0.717) is 12.0 Å². The van der Waals surface area contributed by atoms with Crippen molar-refractivity contribution in [1.82, 2.24) is 4.90 Å². The number of rotatable bonds is 7. The predicted octanol–water partition coefficient (Wildman–Crippen LogP) is 4.57. The lowest BCUT2D eigenvalue weighted by molar-refractivity contribution is -0.123. The maximum absolute atomic E-state index is 14.0. The fourth-order valence-electron chi connectivity index (χ4n) is 3.29. The van der Waals surface area contributed by atoms with Crippen LogP contribution in [0.1, 0.15) is 37.8 Å². The minimum absolute atomic E-state index is 0.0436. The summed E-state index contributed by atoms with van der Waals surface area (Å²) < 4.78 is 28.0. The molecule has 0 radical (unpaired) electrons. The van der Waals surface area contributed by atoms with E-state index in [1.54, 1.807) is 6.92 Å². The van der Waals surface area contributed by atoms with Crippen molar-refractivity contribution in [2.45, 2.75) is 38.1 Å². The average Bonchev–Trinajstić information content (AvgIpc) is 2.58. The van der Waals surface area contributed by atoms with E-state index in [0.717, 1.165) is 11.6 Å². The highest BCUT2D eigenvalue weighted by atomic mass is 19.1. The maximum Gasteiger partial charge on any atom is 0.147 e. The summed E-state index contributed by atoms with van der Waals surface area (Å²) >= 11 is 0. The highest BCUT2D eigenvalue weighted by Crippen LogP contribution is 2.40. The second kappa shape index (κ2) is 7.87. The summed E-state index contributed by atoms with van der Waals surface area (Å²) in [6.45, 7) is 3.80. The molecule has 0 heterocycles. The molecule has 0 spiro atoms. The monoisotopic (exact) mass is 345 g/mol. The van der Waals surface area contributed by atoms with Crippen molar-refractivity contribution in [1.29, 1.82) is 0 Å². The number of nitrogens with zero attached hydrogens (tertiary/aromatic N) is 1. The molecule has 2 nitrogen and oxygen atoms in total. The molecular weight excluding hydrogens is 320 g/mol. The third-order valence-electron chi connectivity index (χ3n) is 4.90. The second-order valence-corrected chi connectivity index (χ2v) is 6.72. The van der Waals surface area contributed by atoms with Crippen LogP contribution < -0.4 is 0 Å². The maximum atomic E-state index is 14.0. The molecular formula is C21H25F2NO. The number of Topliss-reactive ketones (excluding diaryl/α,β-unsaturated/α-hetero) is 1. The van der Waals surface area contributed by atoms with Crippen LogP contribution in [0.25, 0.3) is 0 Å². The molecule has 2 aromatic rings. The highest BCUT2D eigenvalue weighted by molar-refractivity contribution is 5.93. The lowest BCUT2D eigenvalue weighted by Crippen LogP contribution is -2.43. The van der Waals surface area contributed by atoms with Gasteiger partial charge in [0, 0.05) is 18.5 Å². The van der Waals surface area contributed by atoms with Crippen molar-refractivity contribution in [2.75, 3.05) is 14.1 Å². The standard InChI is InChI=1S/C21H25F2NO/c1-5-20(25)21(14-15(2)24(3)4,16-9-7-6-8-10-16)17-11-18(22)13-19(23)12-17/h6-13,15H,5,14H2,1-4H3/t15-,21?/m0/s1. The highest BCUT2D eigenvalue weighted by Gasteiger charge is 2.42. The fraction of sp³-hybridized carbons (Fsp3) is 0.381. The Morgan fingerprint density at radius 3 is 2.08 bits per heavy atom.